The number of ether oxygens (including phenoxy) is 1. The normalized spacial score (nSPS) is 17.7. The molecule has 0 saturated carbocycles. The van der Waals surface area contributed by atoms with Crippen molar-refractivity contribution in [3.63, 3.8) is 0 Å². The van der Waals surface area contributed by atoms with E-state index in [9.17, 15) is 31.5 Å². The van der Waals surface area contributed by atoms with Crippen molar-refractivity contribution in [3.05, 3.63) is 83.3 Å². The lowest BCUT2D eigenvalue weighted by Gasteiger charge is -2.42. The fourth-order valence-electron chi connectivity index (χ4n) is 5.30. The van der Waals surface area contributed by atoms with E-state index in [1.807, 2.05) is 25.1 Å². The SMILES string of the molecule is CCCN(CCc1ccccn1)C(=O)c1ccc2c(c1)[C@@H](NS(=O)(=O)c1ccc(-c3cc(C(F)(F)F)n(C)n3)s1)[C@H](O)C(C)(C)O2. The number of carbonyl (C=O) groups is 1. The summed E-state index contributed by atoms with van der Waals surface area (Å²) in [5, 5.41) is 15.2. The Labute approximate surface area is 268 Å². The summed E-state index contributed by atoms with van der Waals surface area (Å²) in [6.07, 6.45) is -3.02. The number of fused-ring (bicyclic) bond motifs is 1. The van der Waals surface area contributed by atoms with E-state index < -0.39 is 39.6 Å². The minimum Gasteiger partial charge on any atom is -0.485 e. The highest BCUT2D eigenvalue weighted by Crippen LogP contribution is 2.42. The van der Waals surface area contributed by atoms with E-state index >= 15 is 0 Å². The van der Waals surface area contributed by atoms with E-state index in [0.717, 1.165) is 36.6 Å². The molecule has 1 aliphatic heterocycles. The van der Waals surface area contributed by atoms with Crippen LogP contribution in [0, 0.1) is 0 Å². The van der Waals surface area contributed by atoms with Crippen LogP contribution in [0.1, 0.15) is 60.5 Å². The molecular formula is C31H34F3N5O5S2. The van der Waals surface area contributed by atoms with Crippen molar-refractivity contribution in [1.29, 1.82) is 0 Å². The van der Waals surface area contributed by atoms with Gasteiger partial charge in [-0.1, -0.05) is 13.0 Å². The second-order valence-corrected chi connectivity index (χ2v) is 14.5. The Balaban J connectivity index is 1.43. The van der Waals surface area contributed by atoms with Gasteiger partial charge in [-0.3, -0.25) is 14.5 Å². The smallest absolute Gasteiger partial charge is 0.433 e. The number of aromatic nitrogens is 3. The van der Waals surface area contributed by atoms with Crippen molar-refractivity contribution < 1.29 is 36.2 Å². The molecule has 0 saturated heterocycles. The number of amides is 1. The maximum atomic E-state index is 13.7. The van der Waals surface area contributed by atoms with E-state index in [2.05, 4.69) is 14.8 Å². The van der Waals surface area contributed by atoms with Gasteiger partial charge < -0.3 is 14.7 Å². The molecule has 2 N–H and O–H groups in total. The molecule has 0 radical (unpaired) electrons. The summed E-state index contributed by atoms with van der Waals surface area (Å²) >= 11 is 0.745. The van der Waals surface area contributed by atoms with Gasteiger partial charge >= 0.3 is 6.18 Å². The van der Waals surface area contributed by atoms with Crippen LogP contribution >= 0.6 is 11.3 Å². The Kier molecular flexibility index (Phi) is 9.33. The van der Waals surface area contributed by atoms with Crippen molar-refractivity contribution in [2.45, 2.75) is 61.7 Å². The van der Waals surface area contributed by atoms with Crippen LogP contribution in [0.25, 0.3) is 10.6 Å². The molecule has 4 heterocycles. The second kappa shape index (κ2) is 12.8. The molecule has 4 aromatic rings. The number of hydrogen-bond acceptors (Lipinski definition) is 8. The average molecular weight is 678 g/mol. The Morgan fingerprint density at radius 3 is 2.57 bits per heavy atom. The number of halogens is 3. The Bertz CT molecular complexity index is 1820. The molecule has 15 heteroatoms. The van der Waals surface area contributed by atoms with Crippen LogP contribution in [0.5, 0.6) is 5.75 Å². The summed E-state index contributed by atoms with van der Waals surface area (Å²) in [5.41, 5.74) is -0.786. The number of aliphatic hydroxyl groups excluding tert-OH is 1. The molecule has 0 spiro atoms. The van der Waals surface area contributed by atoms with Gasteiger partial charge in [0, 0.05) is 49.6 Å². The number of benzene rings is 1. The van der Waals surface area contributed by atoms with Crippen LogP contribution in [0.2, 0.25) is 0 Å². The summed E-state index contributed by atoms with van der Waals surface area (Å²) in [7, 11) is -3.15. The monoisotopic (exact) mass is 677 g/mol. The van der Waals surface area contributed by atoms with Gasteiger partial charge in [-0.05, 0) is 68.8 Å². The molecule has 0 fully saturated rings. The average Bonchev–Trinajstić information content (AvgIpc) is 3.65. The van der Waals surface area contributed by atoms with Crippen molar-refractivity contribution >= 4 is 27.3 Å². The molecule has 0 unspecified atom stereocenters. The molecule has 246 valence electrons. The highest BCUT2D eigenvalue weighted by atomic mass is 32.2. The third kappa shape index (κ3) is 6.97. The summed E-state index contributed by atoms with van der Waals surface area (Å²) in [5.74, 6) is 0.0353. The van der Waals surface area contributed by atoms with E-state index in [0.29, 0.717) is 35.5 Å². The van der Waals surface area contributed by atoms with Gasteiger partial charge in [-0.2, -0.15) is 18.3 Å². The van der Waals surface area contributed by atoms with E-state index in [-0.39, 0.29) is 26.3 Å². The van der Waals surface area contributed by atoms with Crippen molar-refractivity contribution in [2.24, 2.45) is 7.05 Å². The summed E-state index contributed by atoms with van der Waals surface area (Å²) < 4.78 is 76.3. The van der Waals surface area contributed by atoms with E-state index in [1.165, 1.54) is 18.2 Å². The first kappa shape index (κ1) is 33.6. The zero-order valence-electron chi connectivity index (χ0n) is 25.6. The van der Waals surface area contributed by atoms with Crippen molar-refractivity contribution in [1.82, 2.24) is 24.4 Å². The molecule has 1 amide bonds. The summed E-state index contributed by atoms with van der Waals surface area (Å²) in [6.45, 7) is 6.11. The maximum absolute atomic E-state index is 13.7. The highest BCUT2D eigenvalue weighted by molar-refractivity contribution is 7.91. The first-order chi connectivity index (χ1) is 21.6. The van der Waals surface area contributed by atoms with E-state index in [1.54, 1.807) is 37.1 Å². The molecule has 1 aromatic carbocycles. The third-order valence-corrected chi connectivity index (χ3v) is 10.7. The van der Waals surface area contributed by atoms with Crippen LogP contribution in [-0.2, 0) is 29.7 Å². The fourth-order valence-corrected chi connectivity index (χ4v) is 7.80. The molecule has 0 aliphatic carbocycles. The number of aliphatic hydroxyl groups is 1. The molecule has 3 aromatic heterocycles. The van der Waals surface area contributed by atoms with Crippen LogP contribution in [0.15, 0.2) is 65.0 Å². The Morgan fingerprint density at radius 2 is 1.91 bits per heavy atom. The minimum atomic E-state index is -4.62. The van der Waals surface area contributed by atoms with Crippen LogP contribution in [0.4, 0.5) is 13.2 Å². The summed E-state index contributed by atoms with van der Waals surface area (Å²) in [4.78, 5) is 19.9. The fraction of sp³-hybridized carbons (Fsp3) is 0.387. The molecule has 5 rings (SSSR count). The third-order valence-electron chi connectivity index (χ3n) is 7.69. The van der Waals surface area contributed by atoms with Gasteiger partial charge in [0.1, 0.15) is 33.1 Å². The summed E-state index contributed by atoms with van der Waals surface area (Å²) in [6, 6.07) is 12.6. The predicted octanol–water partition coefficient (Wildman–Crippen LogP) is 5.21. The predicted molar refractivity (Wildman–Crippen MR) is 166 cm³/mol. The number of nitrogens with zero attached hydrogens (tertiary/aromatic N) is 4. The van der Waals surface area contributed by atoms with Gasteiger partial charge in [0.05, 0.1) is 10.9 Å². The lowest BCUT2D eigenvalue weighted by atomic mass is 9.86. The number of alkyl halides is 3. The molecule has 10 nitrogen and oxygen atoms in total. The second-order valence-electron chi connectivity index (χ2n) is 11.5. The Morgan fingerprint density at radius 1 is 1.15 bits per heavy atom. The van der Waals surface area contributed by atoms with Crippen molar-refractivity contribution in [2.75, 3.05) is 13.1 Å². The van der Waals surface area contributed by atoms with Crippen LogP contribution < -0.4 is 9.46 Å². The molecule has 1 aliphatic rings. The van der Waals surface area contributed by atoms with Gasteiger partial charge in [-0.15, -0.1) is 11.3 Å². The molecule has 0 bridgehead atoms. The Hall–Kier alpha value is -3.79. The molecule has 46 heavy (non-hydrogen) atoms. The zero-order chi connectivity index (χ0) is 33.4. The number of aryl methyl sites for hydroxylation is 1. The quantitative estimate of drug-likeness (QED) is 0.236. The standard InChI is InChI=1S/C31H34F3N5O5S2/c1-5-15-39(16-13-20-8-6-7-14-35-20)29(41)19-9-10-23-21(17-19)27(28(40)30(2,3)44-23)37-46(42,43)26-12-11-24(45-26)22-18-25(31(32,33)34)38(4)36-22/h6-12,14,17-18,27-28,37,40H,5,13,15-16H2,1-4H3/t27-,28+/m1/s1. The number of sulfonamides is 1. The zero-order valence-corrected chi connectivity index (χ0v) is 27.2. The number of rotatable bonds is 10. The van der Waals surface area contributed by atoms with Gasteiger partial charge in [0.25, 0.3) is 15.9 Å². The highest BCUT2D eigenvalue weighted by Gasteiger charge is 2.45. The molecule has 2 atom stereocenters. The van der Waals surface area contributed by atoms with Gasteiger partial charge in [0.2, 0.25) is 0 Å². The number of pyridine rings is 1. The number of thiophene rings is 1. The van der Waals surface area contributed by atoms with Gasteiger partial charge in [-0.25, -0.2) is 13.1 Å². The maximum Gasteiger partial charge on any atom is 0.433 e. The number of nitrogens with one attached hydrogen (secondary N) is 1. The number of carbonyl (C=O) groups excluding carboxylic acids is 1. The largest absolute Gasteiger partial charge is 0.485 e. The first-order valence-electron chi connectivity index (χ1n) is 14.5. The lowest BCUT2D eigenvalue weighted by molar-refractivity contribution is -0.143. The first-order valence-corrected chi connectivity index (χ1v) is 16.8. The minimum absolute atomic E-state index is 0.0262. The molecular weight excluding hydrogens is 643 g/mol. The van der Waals surface area contributed by atoms with Gasteiger partial charge in [0.15, 0.2) is 0 Å². The number of hydrogen-bond donors (Lipinski definition) is 2. The van der Waals surface area contributed by atoms with Crippen molar-refractivity contribution in [3.8, 4) is 16.3 Å². The van der Waals surface area contributed by atoms with E-state index in [4.69, 9.17) is 4.74 Å². The topological polar surface area (TPSA) is 127 Å². The van der Waals surface area contributed by atoms with Crippen LogP contribution in [-0.4, -0.2) is 63.9 Å². The van der Waals surface area contributed by atoms with Crippen LogP contribution in [0.3, 0.4) is 0 Å². The lowest BCUT2D eigenvalue weighted by Crippen LogP contribution is -2.53.